The lowest BCUT2D eigenvalue weighted by atomic mass is 10.1. The Morgan fingerprint density at radius 1 is 1.31 bits per heavy atom. The quantitative estimate of drug-likeness (QED) is 0.744. The Labute approximate surface area is 95.3 Å². The highest BCUT2D eigenvalue weighted by molar-refractivity contribution is 5.98. The largest absolute Gasteiger partial charge is 0.497 e. The molecule has 0 aromatic heterocycles. The van der Waals surface area contributed by atoms with Crippen molar-refractivity contribution in [3.8, 4) is 11.5 Å². The van der Waals surface area contributed by atoms with E-state index < -0.39 is 0 Å². The van der Waals surface area contributed by atoms with Gasteiger partial charge in [0.25, 0.3) is 0 Å². The first-order valence-electron chi connectivity index (χ1n) is 5.18. The highest BCUT2D eigenvalue weighted by Crippen LogP contribution is 2.25. The number of carbonyl (C=O) groups excluding carboxylic acids is 1. The Bertz CT molecular complexity index is 363. The van der Waals surface area contributed by atoms with Gasteiger partial charge in [-0.3, -0.25) is 4.79 Å². The van der Waals surface area contributed by atoms with Gasteiger partial charge in [0.05, 0.1) is 19.8 Å². The van der Waals surface area contributed by atoms with Gasteiger partial charge in [0.15, 0.2) is 5.78 Å². The van der Waals surface area contributed by atoms with Crippen LogP contribution in [0.25, 0.3) is 0 Å². The first-order chi connectivity index (χ1) is 7.72. The number of rotatable bonds is 6. The molecule has 4 nitrogen and oxygen atoms in total. The Kier molecular flexibility index (Phi) is 4.79. The third-order valence-corrected chi connectivity index (χ3v) is 2.32. The number of hydrogen-bond acceptors (Lipinski definition) is 4. The molecule has 0 aliphatic rings. The van der Waals surface area contributed by atoms with E-state index in [1.807, 2.05) is 0 Å². The second kappa shape index (κ2) is 6.12. The number of ketones is 1. The van der Waals surface area contributed by atoms with Crippen LogP contribution in [0.5, 0.6) is 11.5 Å². The van der Waals surface area contributed by atoms with Gasteiger partial charge in [0, 0.05) is 12.5 Å². The van der Waals surface area contributed by atoms with E-state index >= 15 is 0 Å². The average molecular weight is 223 g/mol. The van der Waals surface area contributed by atoms with Gasteiger partial charge in [0.1, 0.15) is 11.5 Å². The molecule has 1 rings (SSSR count). The molecule has 1 aromatic rings. The van der Waals surface area contributed by atoms with Gasteiger partial charge in [-0.05, 0) is 25.1 Å². The number of methoxy groups -OCH3 is 2. The lowest BCUT2D eigenvalue weighted by molar-refractivity contribution is 0.0978. The van der Waals surface area contributed by atoms with Crippen LogP contribution in [0.1, 0.15) is 23.2 Å². The number of nitrogens with two attached hydrogens (primary N) is 1. The molecule has 16 heavy (non-hydrogen) atoms. The zero-order valence-electron chi connectivity index (χ0n) is 9.66. The molecule has 88 valence electrons. The molecule has 2 N–H and O–H groups in total. The molecule has 4 heteroatoms. The molecule has 1 aromatic carbocycles. The molecule has 0 aliphatic carbocycles. The van der Waals surface area contributed by atoms with E-state index in [0.717, 1.165) is 0 Å². The van der Waals surface area contributed by atoms with Crippen molar-refractivity contribution in [1.29, 1.82) is 0 Å². The maximum atomic E-state index is 11.8. The van der Waals surface area contributed by atoms with Crippen molar-refractivity contribution < 1.29 is 14.3 Å². The fourth-order valence-corrected chi connectivity index (χ4v) is 1.43. The predicted molar refractivity (Wildman–Crippen MR) is 62.2 cm³/mol. The van der Waals surface area contributed by atoms with E-state index in [1.54, 1.807) is 25.3 Å². The van der Waals surface area contributed by atoms with Crippen LogP contribution >= 0.6 is 0 Å². The molecule has 0 spiro atoms. The van der Waals surface area contributed by atoms with Crippen molar-refractivity contribution in [2.24, 2.45) is 5.73 Å². The van der Waals surface area contributed by atoms with E-state index in [1.165, 1.54) is 7.11 Å². The molecule has 0 radical (unpaired) electrons. The van der Waals surface area contributed by atoms with Crippen molar-refractivity contribution in [2.45, 2.75) is 12.8 Å². The van der Waals surface area contributed by atoms with E-state index in [0.29, 0.717) is 36.4 Å². The fourth-order valence-electron chi connectivity index (χ4n) is 1.43. The number of benzene rings is 1. The van der Waals surface area contributed by atoms with Crippen LogP contribution in [0.2, 0.25) is 0 Å². The van der Waals surface area contributed by atoms with E-state index in [9.17, 15) is 4.79 Å². The van der Waals surface area contributed by atoms with Crippen molar-refractivity contribution in [3.05, 3.63) is 23.8 Å². The SMILES string of the molecule is COc1ccc(C(=O)CCCN)c(OC)c1. The summed E-state index contributed by atoms with van der Waals surface area (Å²) >= 11 is 0. The zero-order chi connectivity index (χ0) is 12.0. The van der Waals surface area contributed by atoms with E-state index in [-0.39, 0.29) is 5.78 Å². The molecule has 0 fully saturated rings. The molecule has 0 unspecified atom stereocenters. The highest BCUT2D eigenvalue weighted by atomic mass is 16.5. The summed E-state index contributed by atoms with van der Waals surface area (Å²) in [6.45, 7) is 0.518. The summed E-state index contributed by atoms with van der Waals surface area (Å²) in [6.07, 6.45) is 1.13. The second-order valence-corrected chi connectivity index (χ2v) is 3.38. The molecule has 0 aliphatic heterocycles. The molecule has 0 heterocycles. The summed E-state index contributed by atoms with van der Waals surface area (Å²) in [6, 6.07) is 5.17. The van der Waals surface area contributed by atoms with E-state index in [2.05, 4.69) is 0 Å². The number of Topliss-reactive ketones (excluding diaryl/α,β-unsaturated/α-hetero) is 1. The molecule has 0 amide bonds. The van der Waals surface area contributed by atoms with Gasteiger partial charge in [-0.2, -0.15) is 0 Å². The van der Waals surface area contributed by atoms with Gasteiger partial charge < -0.3 is 15.2 Å². The third-order valence-electron chi connectivity index (χ3n) is 2.32. The van der Waals surface area contributed by atoms with Crippen LogP contribution in [0.3, 0.4) is 0 Å². The molecule has 0 saturated heterocycles. The topological polar surface area (TPSA) is 61.5 Å². The summed E-state index contributed by atoms with van der Waals surface area (Å²) in [5.41, 5.74) is 5.95. The van der Waals surface area contributed by atoms with Gasteiger partial charge >= 0.3 is 0 Å². The Balaban J connectivity index is 2.90. The Morgan fingerprint density at radius 2 is 2.06 bits per heavy atom. The maximum Gasteiger partial charge on any atom is 0.166 e. The van der Waals surface area contributed by atoms with Crippen LogP contribution < -0.4 is 15.2 Å². The summed E-state index contributed by atoms with van der Waals surface area (Å²) in [5.74, 6) is 1.26. The predicted octanol–water partition coefficient (Wildman–Crippen LogP) is 1.63. The average Bonchev–Trinajstić information content (AvgIpc) is 2.34. The normalized spacial score (nSPS) is 9.94. The molecule has 0 bridgehead atoms. The lowest BCUT2D eigenvalue weighted by Gasteiger charge is -2.09. The van der Waals surface area contributed by atoms with Crippen LogP contribution in [0, 0.1) is 0 Å². The molecule has 0 atom stereocenters. The van der Waals surface area contributed by atoms with Crippen molar-refractivity contribution in [3.63, 3.8) is 0 Å². The van der Waals surface area contributed by atoms with Crippen LogP contribution in [0.15, 0.2) is 18.2 Å². The highest BCUT2D eigenvalue weighted by Gasteiger charge is 2.12. The second-order valence-electron chi connectivity index (χ2n) is 3.38. The monoisotopic (exact) mass is 223 g/mol. The summed E-state index contributed by atoms with van der Waals surface area (Å²) in [7, 11) is 3.11. The van der Waals surface area contributed by atoms with Crippen molar-refractivity contribution >= 4 is 5.78 Å². The Hall–Kier alpha value is -1.55. The molecule has 0 saturated carbocycles. The number of hydrogen-bond donors (Lipinski definition) is 1. The zero-order valence-corrected chi connectivity index (χ0v) is 9.66. The van der Waals surface area contributed by atoms with Gasteiger partial charge in [-0.15, -0.1) is 0 Å². The van der Waals surface area contributed by atoms with E-state index in [4.69, 9.17) is 15.2 Å². The summed E-state index contributed by atoms with van der Waals surface area (Å²) in [4.78, 5) is 11.8. The van der Waals surface area contributed by atoms with Crippen molar-refractivity contribution in [2.75, 3.05) is 20.8 Å². The first-order valence-corrected chi connectivity index (χ1v) is 5.18. The fraction of sp³-hybridized carbons (Fsp3) is 0.417. The van der Waals surface area contributed by atoms with Crippen LogP contribution in [0.4, 0.5) is 0 Å². The minimum Gasteiger partial charge on any atom is -0.497 e. The minimum absolute atomic E-state index is 0.0463. The lowest BCUT2D eigenvalue weighted by Crippen LogP contribution is -2.06. The number of ether oxygens (including phenoxy) is 2. The first kappa shape index (κ1) is 12.5. The van der Waals surface area contributed by atoms with Crippen LogP contribution in [-0.2, 0) is 0 Å². The van der Waals surface area contributed by atoms with Gasteiger partial charge in [-0.1, -0.05) is 0 Å². The van der Waals surface area contributed by atoms with Gasteiger partial charge in [-0.25, -0.2) is 0 Å². The van der Waals surface area contributed by atoms with Crippen LogP contribution in [-0.4, -0.2) is 26.5 Å². The minimum atomic E-state index is 0.0463. The smallest absolute Gasteiger partial charge is 0.166 e. The number of carbonyl (C=O) groups is 1. The molecular weight excluding hydrogens is 206 g/mol. The maximum absolute atomic E-state index is 11.8. The standard InChI is InChI=1S/C12H17NO3/c1-15-9-5-6-10(12(8-9)16-2)11(14)4-3-7-13/h5-6,8H,3-4,7,13H2,1-2H3. The van der Waals surface area contributed by atoms with Crippen molar-refractivity contribution in [1.82, 2.24) is 0 Å². The molecular formula is C12H17NO3. The summed E-state index contributed by atoms with van der Waals surface area (Å²) < 4.78 is 10.2. The Morgan fingerprint density at radius 3 is 2.62 bits per heavy atom. The van der Waals surface area contributed by atoms with Gasteiger partial charge in [0.2, 0.25) is 0 Å². The third kappa shape index (κ3) is 2.97. The summed E-state index contributed by atoms with van der Waals surface area (Å²) in [5, 5.41) is 0.